The zero-order valence-electron chi connectivity index (χ0n) is 12.3. The Hall–Kier alpha value is -0.340. The van der Waals surface area contributed by atoms with E-state index in [-0.39, 0.29) is 0 Å². The maximum absolute atomic E-state index is 3.75. The fraction of sp³-hybridized carbons (Fsp3) is 0.867. The van der Waals surface area contributed by atoms with Crippen LogP contribution in [-0.2, 0) is 0 Å². The molecule has 0 saturated carbocycles. The molecule has 3 unspecified atom stereocenters. The van der Waals surface area contributed by atoms with E-state index >= 15 is 0 Å². The first-order valence-corrected chi connectivity index (χ1v) is 7.16. The van der Waals surface area contributed by atoms with Gasteiger partial charge in [0.05, 0.1) is 0 Å². The Morgan fingerprint density at radius 3 is 2.71 bits per heavy atom. The molecule has 1 aliphatic heterocycles. The van der Waals surface area contributed by atoms with E-state index in [1.807, 2.05) is 0 Å². The Bertz CT molecular complexity index is 249. The lowest BCUT2D eigenvalue weighted by Gasteiger charge is -2.47. The van der Waals surface area contributed by atoms with E-state index in [0.29, 0.717) is 11.6 Å². The van der Waals surface area contributed by atoms with Crippen LogP contribution in [0.2, 0.25) is 0 Å². The molecule has 0 amide bonds. The van der Waals surface area contributed by atoms with Crippen molar-refractivity contribution in [2.24, 2.45) is 5.92 Å². The largest absolute Gasteiger partial charge is 0.309 e. The molecule has 17 heavy (non-hydrogen) atoms. The summed E-state index contributed by atoms with van der Waals surface area (Å²) in [6, 6.07) is 0.691. The summed E-state index contributed by atoms with van der Waals surface area (Å²) >= 11 is 0. The van der Waals surface area contributed by atoms with E-state index in [2.05, 4.69) is 57.0 Å². The summed E-state index contributed by atoms with van der Waals surface area (Å²) in [5.74, 6) is 0.772. The summed E-state index contributed by atoms with van der Waals surface area (Å²) in [7, 11) is 0. The monoisotopic (exact) mass is 238 g/mol. The van der Waals surface area contributed by atoms with Crippen LogP contribution in [-0.4, -0.2) is 36.1 Å². The summed E-state index contributed by atoms with van der Waals surface area (Å²) < 4.78 is 0. The third-order valence-corrected chi connectivity index (χ3v) is 4.42. The van der Waals surface area contributed by atoms with Crippen molar-refractivity contribution in [1.29, 1.82) is 0 Å². The molecule has 2 nitrogen and oxygen atoms in total. The predicted octanol–water partition coefficient (Wildman–Crippen LogP) is 3.05. The predicted molar refractivity (Wildman–Crippen MR) is 76.3 cm³/mol. The molecule has 1 fully saturated rings. The summed E-state index contributed by atoms with van der Waals surface area (Å²) in [4.78, 5) is 2.66. The van der Waals surface area contributed by atoms with Gasteiger partial charge >= 0.3 is 0 Å². The fourth-order valence-electron chi connectivity index (χ4n) is 2.61. The van der Waals surface area contributed by atoms with Gasteiger partial charge in [0.1, 0.15) is 0 Å². The van der Waals surface area contributed by atoms with Gasteiger partial charge < -0.3 is 5.32 Å². The van der Waals surface area contributed by atoms with E-state index in [9.17, 15) is 0 Å². The second-order valence-corrected chi connectivity index (χ2v) is 5.75. The molecular formula is C15H30N2. The minimum atomic E-state index is 0.297. The highest BCUT2D eigenvalue weighted by molar-refractivity contribution is 4.98. The number of piperazine rings is 1. The van der Waals surface area contributed by atoms with Gasteiger partial charge in [0.25, 0.3) is 0 Å². The molecule has 0 aliphatic carbocycles. The van der Waals surface area contributed by atoms with Gasteiger partial charge in [-0.15, -0.1) is 0 Å². The first-order chi connectivity index (χ1) is 8.06. The highest BCUT2D eigenvalue weighted by atomic mass is 15.2. The maximum Gasteiger partial charge on any atom is 0.0278 e. The first-order valence-electron chi connectivity index (χ1n) is 7.16. The molecule has 0 radical (unpaired) electrons. The maximum atomic E-state index is 3.75. The molecule has 1 saturated heterocycles. The normalized spacial score (nSPS) is 33.1. The average molecular weight is 238 g/mol. The van der Waals surface area contributed by atoms with Crippen molar-refractivity contribution in [3.8, 4) is 0 Å². The van der Waals surface area contributed by atoms with Crippen LogP contribution in [0.4, 0.5) is 0 Å². The molecule has 3 atom stereocenters. The zero-order valence-corrected chi connectivity index (χ0v) is 12.3. The van der Waals surface area contributed by atoms with E-state index in [1.54, 1.807) is 0 Å². The lowest BCUT2D eigenvalue weighted by molar-refractivity contribution is 0.0651. The quantitative estimate of drug-likeness (QED) is 0.741. The SMILES string of the molecule is C/C=C/CN1CC(C)(CC)NCC1C(C)CC. The van der Waals surface area contributed by atoms with Gasteiger partial charge in [0, 0.05) is 31.2 Å². The Morgan fingerprint density at radius 1 is 1.47 bits per heavy atom. The van der Waals surface area contributed by atoms with Crippen molar-refractivity contribution in [3.63, 3.8) is 0 Å². The Morgan fingerprint density at radius 2 is 2.18 bits per heavy atom. The van der Waals surface area contributed by atoms with Crippen LogP contribution in [0.25, 0.3) is 0 Å². The third kappa shape index (κ3) is 3.82. The van der Waals surface area contributed by atoms with E-state index in [1.165, 1.54) is 19.4 Å². The molecule has 100 valence electrons. The molecule has 2 heteroatoms. The number of hydrogen-bond acceptors (Lipinski definition) is 2. The van der Waals surface area contributed by atoms with E-state index < -0.39 is 0 Å². The van der Waals surface area contributed by atoms with Gasteiger partial charge in [-0.2, -0.15) is 0 Å². The van der Waals surface area contributed by atoms with Crippen LogP contribution in [0.3, 0.4) is 0 Å². The number of allylic oxidation sites excluding steroid dienone is 1. The minimum absolute atomic E-state index is 0.297. The van der Waals surface area contributed by atoms with Gasteiger partial charge in [-0.05, 0) is 26.2 Å². The number of nitrogens with zero attached hydrogens (tertiary/aromatic N) is 1. The number of hydrogen-bond donors (Lipinski definition) is 1. The van der Waals surface area contributed by atoms with Crippen LogP contribution in [0.1, 0.15) is 47.5 Å². The second-order valence-electron chi connectivity index (χ2n) is 5.75. The molecule has 0 aromatic heterocycles. The van der Waals surface area contributed by atoms with E-state index in [4.69, 9.17) is 0 Å². The Kier molecular flexibility index (Phi) is 5.68. The number of rotatable bonds is 5. The van der Waals surface area contributed by atoms with Gasteiger partial charge in [0.15, 0.2) is 0 Å². The Labute approximate surface area is 107 Å². The van der Waals surface area contributed by atoms with Crippen molar-refractivity contribution in [2.45, 2.75) is 59.0 Å². The highest BCUT2D eigenvalue weighted by Crippen LogP contribution is 2.24. The molecular weight excluding hydrogens is 208 g/mol. The standard InChI is InChI=1S/C15H30N2/c1-6-9-10-17-12-15(5,8-3)16-11-14(17)13(4)7-2/h6,9,13-14,16H,7-8,10-12H2,1-5H3/b9-6+. The highest BCUT2D eigenvalue weighted by Gasteiger charge is 2.35. The Balaban J connectivity index is 2.71. The van der Waals surface area contributed by atoms with Gasteiger partial charge in [-0.3, -0.25) is 4.90 Å². The summed E-state index contributed by atoms with van der Waals surface area (Å²) in [6.07, 6.45) is 6.92. The zero-order chi connectivity index (χ0) is 12.9. The van der Waals surface area contributed by atoms with Crippen molar-refractivity contribution >= 4 is 0 Å². The summed E-state index contributed by atoms with van der Waals surface area (Å²) in [6.45, 7) is 14.8. The van der Waals surface area contributed by atoms with Crippen molar-refractivity contribution < 1.29 is 0 Å². The van der Waals surface area contributed by atoms with Crippen LogP contribution in [0.5, 0.6) is 0 Å². The first kappa shape index (κ1) is 14.7. The van der Waals surface area contributed by atoms with Crippen molar-refractivity contribution in [3.05, 3.63) is 12.2 Å². The molecule has 0 bridgehead atoms. The average Bonchev–Trinajstić information content (AvgIpc) is 2.35. The molecule has 1 N–H and O–H groups in total. The summed E-state index contributed by atoms with van der Waals surface area (Å²) in [5, 5.41) is 3.75. The second kappa shape index (κ2) is 6.55. The molecule has 0 aromatic rings. The third-order valence-electron chi connectivity index (χ3n) is 4.42. The smallest absolute Gasteiger partial charge is 0.0278 e. The van der Waals surface area contributed by atoms with Crippen LogP contribution in [0, 0.1) is 5.92 Å². The van der Waals surface area contributed by atoms with Gasteiger partial charge in [0.2, 0.25) is 0 Å². The van der Waals surface area contributed by atoms with E-state index in [0.717, 1.165) is 19.0 Å². The number of nitrogens with one attached hydrogen (secondary N) is 1. The lowest BCUT2D eigenvalue weighted by atomic mass is 9.88. The van der Waals surface area contributed by atoms with Crippen LogP contribution >= 0.6 is 0 Å². The molecule has 1 rings (SSSR count). The molecule has 0 spiro atoms. The van der Waals surface area contributed by atoms with Gasteiger partial charge in [-0.1, -0.05) is 39.3 Å². The van der Waals surface area contributed by atoms with Crippen LogP contribution < -0.4 is 5.32 Å². The lowest BCUT2D eigenvalue weighted by Crippen LogP contribution is -2.64. The molecule has 0 aromatic carbocycles. The fourth-order valence-corrected chi connectivity index (χ4v) is 2.61. The van der Waals surface area contributed by atoms with Crippen molar-refractivity contribution in [1.82, 2.24) is 10.2 Å². The van der Waals surface area contributed by atoms with Crippen LogP contribution in [0.15, 0.2) is 12.2 Å². The minimum Gasteiger partial charge on any atom is -0.309 e. The topological polar surface area (TPSA) is 15.3 Å². The van der Waals surface area contributed by atoms with Gasteiger partial charge in [-0.25, -0.2) is 0 Å². The molecule has 1 aliphatic rings. The molecule has 1 heterocycles. The summed E-state index contributed by atoms with van der Waals surface area (Å²) in [5.41, 5.74) is 0.297. The van der Waals surface area contributed by atoms with Crippen molar-refractivity contribution in [2.75, 3.05) is 19.6 Å².